The van der Waals surface area contributed by atoms with Crippen molar-refractivity contribution in [2.45, 2.75) is 0 Å². The van der Waals surface area contributed by atoms with Gasteiger partial charge in [-0.2, -0.15) is 0 Å². The lowest BCUT2D eigenvalue weighted by Crippen LogP contribution is -2.09. The number of hydrogen-bond acceptors (Lipinski definition) is 5. The van der Waals surface area contributed by atoms with E-state index in [0.29, 0.717) is 5.02 Å². The number of carbonyl (C=O) groups excluding carboxylic acids is 1. The van der Waals surface area contributed by atoms with Gasteiger partial charge in [0.05, 0.1) is 4.92 Å². The first kappa shape index (κ1) is 17.8. The Morgan fingerprint density at radius 3 is 2.69 bits per heavy atom. The van der Waals surface area contributed by atoms with Crippen LogP contribution in [0.2, 0.25) is 5.02 Å². The number of amides is 1. The summed E-state index contributed by atoms with van der Waals surface area (Å²) in [6.07, 6.45) is 5.47. The first-order valence-corrected chi connectivity index (χ1v) is 8.65. The van der Waals surface area contributed by atoms with E-state index in [1.165, 1.54) is 29.7 Å². The van der Waals surface area contributed by atoms with Crippen LogP contribution < -0.4 is 5.32 Å². The number of nitrogens with one attached hydrogen (secondary N) is 1. The highest BCUT2D eigenvalue weighted by Gasteiger charge is 2.14. The molecular formula is C18H12ClN3O3S. The van der Waals surface area contributed by atoms with Crippen molar-refractivity contribution in [3.63, 3.8) is 0 Å². The van der Waals surface area contributed by atoms with E-state index < -0.39 is 10.8 Å². The van der Waals surface area contributed by atoms with Crippen LogP contribution in [-0.4, -0.2) is 15.8 Å². The molecule has 0 unspecified atom stereocenters. The Morgan fingerprint density at radius 1 is 1.19 bits per heavy atom. The SMILES string of the molecule is O=C(/C=C/c1ccc(-c2ccc(Cl)cc2)s1)Nc1ccncc1[N+](=O)[O-]. The Kier molecular flexibility index (Phi) is 5.40. The third-order valence-corrected chi connectivity index (χ3v) is 4.76. The summed E-state index contributed by atoms with van der Waals surface area (Å²) in [6, 6.07) is 12.7. The Bertz CT molecular complexity index is 983. The molecular weight excluding hydrogens is 374 g/mol. The van der Waals surface area contributed by atoms with Crippen LogP contribution in [0.4, 0.5) is 11.4 Å². The minimum atomic E-state index is -0.593. The molecule has 130 valence electrons. The monoisotopic (exact) mass is 385 g/mol. The zero-order valence-electron chi connectivity index (χ0n) is 13.3. The molecule has 3 rings (SSSR count). The van der Waals surface area contributed by atoms with Gasteiger partial charge in [-0.3, -0.25) is 19.9 Å². The molecule has 0 bridgehead atoms. The van der Waals surface area contributed by atoms with Crippen molar-refractivity contribution in [1.29, 1.82) is 0 Å². The second kappa shape index (κ2) is 7.90. The van der Waals surface area contributed by atoms with Gasteiger partial charge >= 0.3 is 5.69 Å². The Balaban J connectivity index is 1.70. The number of hydrogen-bond donors (Lipinski definition) is 1. The van der Waals surface area contributed by atoms with E-state index in [0.717, 1.165) is 21.5 Å². The van der Waals surface area contributed by atoms with E-state index in [-0.39, 0.29) is 11.4 Å². The van der Waals surface area contributed by atoms with E-state index in [1.54, 1.807) is 6.08 Å². The lowest BCUT2D eigenvalue weighted by atomic mass is 10.2. The molecule has 0 saturated carbocycles. The summed E-state index contributed by atoms with van der Waals surface area (Å²) in [4.78, 5) is 28.0. The van der Waals surface area contributed by atoms with Gasteiger partial charge in [-0.1, -0.05) is 23.7 Å². The number of nitrogens with zero attached hydrogens (tertiary/aromatic N) is 2. The highest BCUT2D eigenvalue weighted by molar-refractivity contribution is 7.16. The first-order chi connectivity index (χ1) is 12.5. The fraction of sp³-hybridized carbons (Fsp3) is 0. The van der Waals surface area contributed by atoms with E-state index >= 15 is 0 Å². The highest BCUT2D eigenvalue weighted by Crippen LogP contribution is 2.29. The Morgan fingerprint density at radius 2 is 1.96 bits per heavy atom. The number of pyridine rings is 1. The number of halogens is 1. The molecule has 1 amide bonds. The minimum absolute atomic E-state index is 0.104. The molecule has 1 aromatic carbocycles. The number of benzene rings is 1. The molecule has 0 aliphatic heterocycles. The van der Waals surface area contributed by atoms with Gasteiger partial charge in [-0.25, -0.2) is 0 Å². The van der Waals surface area contributed by atoms with Crippen molar-refractivity contribution in [1.82, 2.24) is 4.98 Å². The topological polar surface area (TPSA) is 85.1 Å². The predicted molar refractivity (Wildman–Crippen MR) is 103 cm³/mol. The first-order valence-electron chi connectivity index (χ1n) is 7.46. The van der Waals surface area contributed by atoms with Crippen LogP contribution in [0.5, 0.6) is 0 Å². The third kappa shape index (κ3) is 4.33. The van der Waals surface area contributed by atoms with Crippen LogP contribution in [0.1, 0.15) is 4.88 Å². The summed E-state index contributed by atoms with van der Waals surface area (Å²) in [5.41, 5.74) is 0.888. The average Bonchev–Trinajstić information content (AvgIpc) is 3.10. The van der Waals surface area contributed by atoms with E-state index in [1.807, 2.05) is 36.4 Å². The van der Waals surface area contributed by atoms with Crippen LogP contribution in [0.3, 0.4) is 0 Å². The van der Waals surface area contributed by atoms with Crippen molar-refractivity contribution in [3.8, 4) is 10.4 Å². The van der Waals surface area contributed by atoms with Gasteiger partial charge in [0.2, 0.25) is 5.91 Å². The van der Waals surface area contributed by atoms with E-state index in [4.69, 9.17) is 11.6 Å². The van der Waals surface area contributed by atoms with E-state index in [2.05, 4.69) is 10.3 Å². The number of carbonyl (C=O) groups is 1. The number of nitro groups is 1. The average molecular weight is 386 g/mol. The fourth-order valence-electron chi connectivity index (χ4n) is 2.18. The lowest BCUT2D eigenvalue weighted by molar-refractivity contribution is -0.384. The van der Waals surface area contributed by atoms with Crippen LogP contribution in [0.15, 0.2) is 60.9 Å². The zero-order chi connectivity index (χ0) is 18.5. The highest BCUT2D eigenvalue weighted by atomic mass is 35.5. The number of rotatable bonds is 5. The van der Waals surface area contributed by atoms with Gasteiger partial charge in [-0.05, 0) is 42.0 Å². The molecule has 0 atom stereocenters. The summed E-state index contributed by atoms with van der Waals surface area (Å²) in [6.45, 7) is 0. The van der Waals surface area contributed by atoms with Crippen molar-refractivity contribution < 1.29 is 9.72 Å². The molecule has 1 N–H and O–H groups in total. The summed E-state index contributed by atoms with van der Waals surface area (Å²) in [7, 11) is 0. The molecule has 3 aromatic rings. The molecule has 2 heterocycles. The normalized spacial score (nSPS) is 10.8. The second-order valence-electron chi connectivity index (χ2n) is 5.18. The molecule has 0 aliphatic rings. The summed E-state index contributed by atoms with van der Waals surface area (Å²) in [5, 5.41) is 14.1. The smallest absolute Gasteiger partial charge is 0.310 e. The largest absolute Gasteiger partial charge is 0.317 e. The molecule has 0 saturated heterocycles. The minimum Gasteiger partial charge on any atom is -0.317 e. The van der Waals surface area contributed by atoms with Crippen LogP contribution >= 0.6 is 22.9 Å². The van der Waals surface area contributed by atoms with Crippen LogP contribution in [-0.2, 0) is 4.79 Å². The maximum Gasteiger partial charge on any atom is 0.310 e. The van der Waals surface area contributed by atoms with Crippen molar-refractivity contribution in [2.75, 3.05) is 5.32 Å². The number of thiophene rings is 1. The molecule has 26 heavy (non-hydrogen) atoms. The molecule has 8 heteroatoms. The molecule has 2 aromatic heterocycles. The maximum absolute atomic E-state index is 12.0. The van der Waals surface area contributed by atoms with Gasteiger partial charge in [0, 0.05) is 27.0 Å². The molecule has 0 radical (unpaired) electrons. The van der Waals surface area contributed by atoms with Crippen molar-refractivity contribution >= 4 is 46.3 Å². The van der Waals surface area contributed by atoms with Crippen LogP contribution in [0.25, 0.3) is 16.5 Å². The van der Waals surface area contributed by atoms with Crippen molar-refractivity contribution in [3.05, 3.63) is 80.9 Å². The molecule has 0 aliphatic carbocycles. The summed E-state index contributed by atoms with van der Waals surface area (Å²) >= 11 is 7.41. The maximum atomic E-state index is 12.0. The molecule has 0 spiro atoms. The van der Waals surface area contributed by atoms with Gasteiger partial charge in [0.1, 0.15) is 11.9 Å². The van der Waals surface area contributed by atoms with Gasteiger partial charge < -0.3 is 5.32 Å². The van der Waals surface area contributed by atoms with Crippen LogP contribution in [0, 0.1) is 10.1 Å². The molecule has 0 fully saturated rings. The second-order valence-corrected chi connectivity index (χ2v) is 6.73. The summed E-state index contributed by atoms with van der Waals surface area (Å²) in [5.74, 6) is -0.458. The number of aromatic nitrogens is 1. The van der Waals surface area contributed by atoms with E-state index in [9.17, 15) is 14.9 Å². The fourth-order valence-corrected chi connectivity index (χ4v) is 3.22. The number of anilines is 1. The standard InChI is InChI=1S/C18H12ClN3O3S/c19-13-3-1-12(2-4-13)17-7-5-14(26-17)6-8-18(23)21-15-9-10-20-11-16(15)22(24)25/h1-11H,(H,20,21,23)/b8-6+. The van der Waals surface area contributed by atoms with Crippen molar-refractivity contribution in [2.24, 2.45) is 0 Å². The van der Waals surface area contributed by atoms with Gasteiger partial charge in [0.15, 0.2) is 0 Å². The molecule has 6 nitrogen and oxygen atoms in total. The summed E-state index contributed by atoms with van der Waals surface area (Å²) < 4.78 is 0. The third-order valence-electron chi connectivity index (χ3n) is 3.41. The van der Waals surface area contributed by atoms with Gasteiger partial charge in [0.25, 0.3) is 0 Å². The lowest BCUT2D eigenvalue weighted by Gasteiger charge is -2.02. The quantitative estimate of drug-likeness (QED) is 0.379. The Hall–Kier alpha value is -3.03. The Labute approximate surface area is 157 Å². The van der Waals surface area contributed by atoms with Gasteiger partial charge in [-0.15, -0.1) is 11.3 Å². The zero-order valence-corrected chi connectivity index (χ0v) is 14.8. The predicted octanol–water partition coefficient (Wildman–Crippen LogP) is 5.02.